The monoisotopic (exact) mass is 507 g/mol. The first kappa shape index (κ1) is 23.4. The molecule has 0 atom stereocenters. The first-order valence-electron chi connectivity index (χ1n) is 11.9. The second-order valence-corrected chi connectivity index (χ2v) is 9.13. The van der Waals surface area contributed by atoms with Crippen molar-refractivity contribution in [2.24, 2.45) is 0 Å². The molecule has 10 heteroatoms. The van der Waals surface area contributed by atoms with Crippen molar-refractivity contribution in [1.82, 2.24) is 14.4 Å². The van der Waals surface area contributed by atoms with Gasteiger partial charge in [-0.2, -0.15) is 0 Å². The highest BCUT2D eigenvalue weighted by molar-refractivity contribution is 6.10. The number of aromatic nitrogens is 1. The summed E-state index contributed by atoms with van der Waals surface area (Å²) in [7, 11) is 0. The van der Waals surface area contributed by atoms with Crippen LogP contribution in [0.2, 0.25) is 0 Å². The van der Waals surface area contributed by atoms with E-state index in [2.05, 4.69) is 9.80 Å². The van der Waals surface area contributed by atoms with Gasteiger partial charge in [0, 0.05) is 38.3 Å². The molecule has 0 saturated carbocycles. The quantitative estimate of drug-likeness (QED) is 0.369. The number of ketones is 1. The second-order valence-electron chi connectivity index (χ2n) is 9.13. The van der Waals surface area contributed by atoms with Crippen LogP contribution in [0, 0.1) is 11.6 Å². The molecule has 37 heavy (non-hydrogen) atoms. The lowest BCUT2D eigenvalue weighted by molar-refractivity contribution is 0.102. The van der Waals surface area contributed by atoms with Gasteiger partial charge in [0.25, 0.3) is 0 Å². The number of ether oxygens (including phenoxy) is 2. The Hall–Kier alpha value is -4.02. The number of nitrogens with zero attached hydrogens (tertiary/aromatic N) is 3. The number of carbonyl (C=O) groups is 1. The summed E-state index contributed by atoms with van der Waals surface area (Å²) in [6, 6.07) is 13.6. The summed E-state index contributed by atoms with van der Waals surface area (Å²) >= 11 is 0. The van der Waals surface area contributed by atoms with Crippen molar-refractivity contribution in [3.63, 3.8) is 0 Å². The van der Waals surface area contributed by atoms with Crippen LogP contribution < -0.4 is 15.2 Å². The topological polar surface area (TPSA) is 77.2 Å². The van der Waals surface area contributed by atoms with Crippen LogP contribution in [0.15, 0.2) is 63.8 Å². The third kappa shape index (κ3) is 4.49. The zero-order valence-corrected chi connectivity index (χ0v) is 19.8. The van der Waals surface area contributed by atoms with Gasteiger partial charge in [0.15, 0.2) is 22.9 Å². The first-order chi connectivity index (χ1) is 18.0. The van der Waals surface area contributed by atoms with Gasteiger partial charge in [0.2, 0.25) is 6.79 Å². The number of carbonyl (C=O) groups excluding carboxylic acids is 1. The molecule has 0 bridgehead atoms. The average Bonchev–Trinajstić information content (AvgIpc) is 3.48. The Morgan fingerprint density at radius 3 is 2.38 bits per heavy atom. The van der Waals surface area contributed by atoms with Crippen molar-refractivity contribution >= 4 is 16.9 Å². The Morgan fingerprint density at radius 1 is 0.865 bits per heavy atom. The van der Waals surface area contributed by atoms with Gasteiger partial charge >= 0.3 is 5.76 Å². The SMILES string of the molecule is O=C(c1ccc2c(c1)oc(=O)n2CN1CCN(Cc2ccc3c(c2)OCO3)CC1)c1c(F)cccc1F. The molecule has 1 aromatic heterocycles. The molecule has 0 radical (unpaired) electrons. The fourth-order valence-electron chi connectivity index (χ4n) is 4.79. The maximum atomic E-state index is 14.1. The van der Waals surface area contributed by atoms with E-state index >= 15 is 0 Å². The lowest BCUT2D eigenvalue weighted by atomic mass is 10.0. The Balaban J connectivity index is 1.13. The largest absolute Gasteiger partial charge is 0.454 e. The lowest BCUT2D eigenvalue weighted by Gasteiger charge is -2.34. The highest BCUT2D eigenvalue weighted by Crippen LogP contribution is 2.33. The minimum atomic E-state index is -0.943. The Kier molecular flexibility index (Phi) is 5.97. The van der Waals surface area contributed by atoms with Gasteiger partial charge in [-0.05, 0) is 48.0 Å². The summed E-state index contributed by atoms with van der Waals surface area (Å²) in [5.74, 6) is -1.72. The molecule has 0 N–H and O–H groups in total. The molecule has 2 aliphatic heterocycles. The van der Waals surface area contributed by atoms with Crippen LogP contribution in [0.25, 0.3) is 11.1 Å². The average molecular weight is 507 g/mol. The van der Waals surface area contributed by atoms with Crippen molar-refractivity contribution in [2.75, 3.05) is 33.0 Å². The van der Waals surface area contributed by atoms with Crippen LogP contribution >= 0.6 is 0 Å². The molecular formula is C27H23F2N3O5. The molecule has 0 amide bonds. The van der Waals surface area contributed by atoms with Gasteiger partial charge in [0.1, 0.15) is 11.6 Å². The summed E-state index contributed by atoms with van der Waals surface area (Å²) < 4.78 is 45.9. The number of oxazole rings is 1. The zero-order valence-electron chi connectivity index (χ0n) is 19.8. The molecule has 0 spiro atoms. The molecule has 0 unspecified atom stereocenters. The smallest absolute Gasteiger partial charge is 0.421 e. The summed E-state index contributed by atoms with van der Waals surface area (Å²) in [4.78, 5) is 29.8. The van der Waals surface area contributed by atoms with Crippen molar-refractivity contribution in [1.29, 1.82) is 0 Å². The van der Waals surface area contributed by atoms with E-state index in [1.807, 2.05) is 18.2 Å². The molecule has 8 nitrogen and oxygen atoms in total. The molecule has 4 aromatic rings. The van der Waals surface area contributed by atoms with E-state index in [1.165, 1.54) is 22.8 Å². The maximum absolute atomic E-state index is 14.1. The van der Waals surface area contributed by atoms with Crippen LogP contribution in [0.4, 0.5) is 8.78 Å². The predicted octanol–water partition coefficient (Wildman–Crippen LogP) is 3.61. The Labute approximate surface area is 210 Å². The van der Waals surface area contributed by atoms with E-state index in [-0.39, 0.29) is 17.9 Å². The second kappa shape index (κ2) is 9.45. The third-order valence-corrected chi connectivity index (χ3v) is 6.77. The molecule has 3 aromatic carbocycles. The van der Waals surface area contributed by atoms with Gasteiger partial charge in [-0.15, -0.1) is 0 Å². The van der Waals surface area contributed by atoms with Gasteiger partial charge in [-0.25, -0.2) is 13.6 Å². The Bertz CT molecular complexity index is 1540. The summed E-state index contributed by atoms with van der Waals surface area (Å²) in [5, 5.41) is 0. The Morgan fingerprint density at radius 2 is 1.59 bits per heavy atom. The van der Waals surface area contributed by atoms with E-state index in [0.29, 0.717) is 12.2 Å². The van der Waals surface area contributed by atoms with E-state index < -0.39 is 28.7 Å². The minimum absolute atomic E-state index is 0.0366. The van der Waals surface area contributed by atoms with Crippen molar-refractivity contribution in [2.45, 2.75) is 13.2 Å². The number of halogens is 2. The lowest BCUT2D eigenvalue weighted by Crippen LogP contribution is -2.47. The van der Waals surface area contributed by atoms with Crippen LogP contribution in [-0.2, 0) is 13.2 Å². The molecule has 0 aliphatic carbocycles. The highest BCUT2D eigenvalue weighted by Gasteiger charge is 2.23. The third-order valence-electron chi connectivity index (χ3n) is 6.77. The van der Waals surface area contributed by atoms with Crippen LogP contribution in [0.5, 0.6) is 11.5 Å². The molecule has 1 saturated heterocycles. The van der Waals surface area contributed by atoms with Gasteiger partial charge < -0.3 is 13.9 Å². The van der Waals surface area contributed by atoms with Crippen molar-refractivity contribution in [3.05, 3.63) is 93.5 Å². The normalized spacial score (nSPS) is 15.9. The maximum Gasteiger partial charge on any atom is 0.421 e. The van der Waals surface area contributed by atoms with Crippen LogP contribution in [-0.4, -0.2) is 53.1 Å². The summed E-state index contributed by atoms with van der Waals surface area (Å²) in [6.45, 7) is 4.54. The van der Waals surface area contributed by atoms with Crippen molar-refractivity contribution < 1.29 is 27.5 Å². The van der Waals surface area contributed by atoms with E-state index in [1.54, 1.807) is 6.07 Å². The predicted molar refractivity (Wildman–Crippen MR) is 130 cm³/mol. The highest BCUT2D eigenvalue weighted by atomic mass is 19.1. The molecule has 190 valence electrons. The number of hydrogen-bond donors (Lipinski definition) is 0. The number of fused-ring (bicyclic) bond motifs is 2. The van der Waals surface area contributed by atoms with Crippen LogP contribution in [0.1, 0.15) is 21.5 Å². The summed E-state index contributed by atoms with van der Waals surface area (Å²) in [5.41, 5.74) is 1.25. The number of piperazine rings is 1. The van der Waals surface area contributed by atoms with E-state index in [9.17, 15) is 18.4 Å². The molecule has 2 aliphatic rings. The standard InChI is InChI=1S/C27H23F2N3O5/c28-19-2-1-3-20(29)25(19)26(33)18-5-6-21-23(13-18)37-27(34)32(21)15-31-10-8-30(9-11-31)14-17-4-7-22-24(12-17)36-16-35-22/h1-7,12-13H,8-11,14-16H2. The molecule has 1 fully saturated rings. The summed E-state index contributed by atoms with van der Waals surface area (Å²) in [6.07, 6.45) is 0. The van der Waals surface area contributed by atoms with E-state index in [4.69, 9.17) is 13.9 Å². The fourth-order valence-corrected chi connectivity index (χ4v) is 4.79. The zero-order chi connectivity index (χ0) is 25.5. The number of rotatable bonds is 6. The first-order valence-corrected chi connectivity index (χ1v) is 11.9. The van der Waals surface area contributed by atoms with Crippen LogP contribution in [0.3, 0.4) is 0 Å². The van der Waals surface area contributed by atoms with Crippen molar-refractivity contribution in [3.8, 4) is 11.5 Å². The molecule has 3 heterocycles. The molecular weight excluding hydrogens is 484 g/mol. The molecule has 6 rings (SSSR count). The van der Waals surface area contributed by atoms with Gasteiger partial charge in [-0.3, -0.25) is 19.2 Å². The fraction of sp³-hybridized carbons (Fsp3) is 0.259. The van der Waals surface area contributed by atoms with Gasteiger partial charge in [-0.1, -0.05) is 12.1 Å². The number of benzene rings is 3. The van der Waals surface area contributed by atoms with Gasteiger partial charge in [0.05, 0.1) is 17.7 Å². The number of hydrogen-bond acceptors (Lipinski definition) is 7. The van der Waals surface area contributed by atoms with E-state index in [0.717, 1.165) is 61.9 Å². The minimum Gasteiger partial charge on any atom is -0.454 e.